The number of thiophene rings is 1. The van der Waals surface area contributed by atoms with Crippen molar-refractivity contribution in [2.24, 2.45) is 0 Å². The van der Waals surface area contributed by atoms with Crippen LogP contribution >= 0.6 is 11.3 Å². The second-order valence-corrected chi connectivity index (χ2v) is 6.30. The summed E-state index contributed by atoms with van der Waals surface area (Å²) in [6.45, 7) is 0.194. The van der Waals surface area contributed by atoms with Gasteiger partial charge in [-0.1, -0.05) is 36.4 Å². The van der Waals surface area contributed by atoms with Crippen LogP contribution in [0.4, 0.5) is 0 Å². The van der Waals surface area contributed by atoms with Crippen LogP contribution in [0.1, 0.15) is 16.2 Å². The van der Waals surface area contributed by atoms with E-state index in [1.807, 2.05) is 47.8 Å². The molecule has 0 N–H and O–H groups in total. The molecule has 3 rings (SSSR count). The van der Waals surface area contributed by atoms with E-state index in [1.54, 1.807) is 0 Å². The van der Waals surface area contributed by atoms with Crippen LogP contribution in [0.3, 0.4) is 0 Å². The van der Waals surface area contributed by atoms with Gasteiger partial charge < -0.3 is 13.9 Å². The van der Waals surface area contributed by atoms with Crippen LogP contribution in [0.15, 0.2) is 69.4 Å². The van der Waals surface area contributed by atoms with Crippen molar-refractivity contribution >= 4 is 17.3 Å². The number of hydrogen-bond acceptors (Lipinski definition) is 6. The fourth-order valence-corrected chi connectivity index (χ4v) is 2.80. The van der Waals surface area contributed by atoms with Crippen LogP contribution < -0.4 is 10.2 Å². The molecule has 0 bridgehead atoms. The smallest absolute Gasteiger partial charge is 0.311 e. The summed E-state index contributed by atoms with van der Waals surface area (Å²) in [5.74, 6) is 0.0311. The van der Waals surface area contributed by atoms with Gasteiger partial charge in [0.25, 0.3) is 0 Å². The maximum atomic E-state index is 12.0. The van der Waals surface area contributed by atoms with Crippen LogP contribution in [0.2, 0.25) is 0 Å². The highest BCUT2D eigenvalue weighted by Gasteiger charge is 2.09. The summed E-state index contributed by atoms with van der Waals surface area (Å²) in [5.41, 5.74) is 0.639. The molecule has 0 fully saturated rings. The second-order valence-electron chi connectivity index (χ2n) is 5.27. The third-order valence-corrected chi connectivity index (χ3v) is 4.24. The number of esters is 1. The van der Waals surface area contributed by atoms with Crippen LogP contribution in [0.5, 0.6) is 5.75 Å². The number of rotatable bonds is 7. The first-order valence-electron chi connectivity index (χ1n) is 7.67. The first kappa shape index (κ1) is 17.0. The van der Waals surface area contributed by atoms with Crippen molar-refractivity contribution in [3.05, 3.63) is 86.6 Å². The molecule has 0 amide bonds. The largest absolute Gasteiger partial charge is 0.482 e. The fourth-order valence-electron chi connectivity index (χ4n) is 2.11. The summed E-state index contributed by atoms with van der Waals surface area (Å²) in [4.78, 5) is 24.7. The maximum Gasteiger partial charge on any atom is 0.311 e. The van der Waals surface area contributed by atoms with E-state index in [0.29, 0.717) is 0 Å². The SMILES string of the molecule is O=C(Cc1cccs1)OCc1cc(=O)c(OCc2ccccc2)co1. The van der Waals surface area contributed by atoms with Gasteiger partial charge in [-0.05, 0) is 17.0 Å². The molecular weight excluding hydrogens is 340 g/mol. The Hall–Kier alpha value is -2.86. The van der Waals surface area contributed by atoms with Gasteiger partial charge >= 0.3 is 5.97 Å². The molecule has 2 aromatic heterocycles. The molecule has 1 aromatic carbocycles. The van der Waals surface area contributed by atoms with E-state index < -0.39 is 0 Å². The predicted octanol–water partition coefficient (Wildman–Crippen LogP) is 3.57. The van der Waals surface area contributed by atoms with Crippen LogP contribution in [0.25, 0.3) is 0 Å². The Morgan fingerprint density at radius 2 is 1.92 bits per heavy atom. The molecule has 0 radical (unpaired) electrons. The predicted molar refractivity (Wildman–Crippen MR) is 93.6 cm³/mol. The molecular formula is C19H16O5S. The van der Waals surface area contributed by atoms with Gasteiger partial charge in [0.05, 0.1) is 6.42 Å². The van der Waals surface area contributed by atoms with Gasteiger partial charge in [0, 0.05) is 10.9 Å². The molecule has 25 heavy (non-hydrogen) atoms. The number of hydrogen-bond donors (Lipinski definition) is 0. The molecule has 0 aliphatic rings. The minimum atomic E-state index is -0.366. The van der Waals surface area contributed by atoms with Crippen LogP contribution in [-0.4, -0.2) is 5.97 Å². The van der Waals surface area contributed by atoms with Crippen molar-refractivity contribution in [2.45, 2.75) is 19.6 Å². The minimum Gasteiger partial charge on any atom is -0.482 e. The molecule has 3 aromatic rings. The molecule has 2 heterocycles. The highest BCUT2D eigenvalue weighted by atomic mass is 32.1. The quantitative estimate of drug-likeness (QED) is 0.606. The van der Waals surface area contributed by atoms with Gasteiger partial charge in [-0.25, -0.2) is 0 Å². The Balaban J connectivity index is 1.52. The minimum absolute atomic E-state index is 0.0849. The average Bonchev–Trinajstić information content (AvgIpc) is 3.13. The first-order valence-corrected chi connectivity index (χ1v) is 8.55. The van der Waals surface area contributed by atoms with Crippen molar-refractivity contribution < 1.29 is 18.7 Å². The topological polar surface area (TPSA) is 65.7 Å². The van der Waals surface area contributed by atoms with Crippen LogP contribution in [-0.2, 0) is 29.2 Å². The molecule has 5 nitrogen and oxygen atoms in total. The van der Waals surface area contributed by atoms with E-state index in [0.717, 1.165) is 10.4 Å². The zero-order valence-electron chi connectivity index (χ0n) is 13.3. The summed E-state index contributed by atoms with van der Waals surface area (Å²) in [7, 11) is 0. The molecule has 0 aliphatic heterocycles. The zero-order chi connectivity index (χ0) is 17.5. The monoisotopic (exact) mass is 356 g/mol. The molecule has 0 saturated heterocycles. The Morgan fingerprint density at radius 1 is 1.08 bits per heavy atom. The lowest BCUT2D eigenvalue weighted by atomic mass is 10.2. The lowest BCUT2D eigenvalue weighted by Crippen LogP contribution is -2.11. The Bertz CT molecular complexity index is 868. The highest BCUT2D eigenvalue weighted by molar-refractivity contribution is 7.10. The van der Waals surface area contributed by atoms with Gasteiger partial charge in [-0.3, -0.25) is 9.59 Å². The van der Waals surface area contributed by atoms with Crippen molar-refractivity contribution in [3.8, 4) is 5.75 Å². The first-order chi connectivity index (χ1) is 12.2. The number of carbonyl (C=O) groups is 1. The Kier molecular flexibility index (Phi) is 5.64. The van der Waals surface area contributed by atoms with Gasteiger partial charge in [0.15, 0.2) is 0 Å². The number of carbonyl (C=O) groups excluding carboxylic acids is 1. The van der Waals surface area contributed by atoms with Crippen molar-refractivity contribution in [3.63, 3.8) is 0 Å². The van der Waals surface area contributed by atoms with Crippen molar-refractivity contribution in [1.82, 2.24) is 0 Å². The van der Waals surface area contributed by atoms with E-state index >= 15 is 0 Å². The Labute approximate surface area is 148 Å². The van der Waals surface area contributed by atoms with E-state index in [4.69, 9.17) is 13.9 Å². The summed E-state index contributed by atoms with van der Waals surface area (Å²) in [6, 6.07) is 14.5. The number of ether oxygens (including phenoxy) is 2. The molecule has 128 valence electrons. The van der Waals surface area contributed by atoms with Gasteiger partial charge in [0.2, 0.25) is 11.2 Å². The van der Waals surface area contributed by atoms with E-state index in [2.05, 4.69) is 0 Å². The molecule has 0 unspecified atom stereocenters. The molecule has 0 saturated carbocycles. The summed E-state index contributed by atoms with van der Waals surface area (Å²) in [5, 5.41) is 1.90. The van der Waals surface area contributed by atoms with Crippen LogP contribution in [0, 0.1) is 0 Å². The third-order valence-electron chi connectivity index (χ3n) is 3.36. The summed E-state index contributed by atoms with van der Waals surface area (Å²) in [6.07, 6.45) is 1.45. The standard InChI is InChI=1S/C19H16O5S/c20-17-9-15(12-24-19(21)10-16-7-4-8-25-16)22-13-18(17)23-11-14-5-2-1-3-6-14/h1-9,13H,10-12H2. The Morgan fingerprint density at radius 3 is 2.64 bits per heavy atom. The van der Waals surface area contributed by atoms with E-state index in [9.17, 15) is 9.59 Å². The third kappa shape index (κ3) is 5.06. The molecule has 0 atom stereocenters. The fraction of sp³-hybridized carbons (Fsp3) is 0.158. The lowest BCUT2D eigenvalue weighted by Gasteiger charge is -2.06. The molecule has 0 spiro atoms. The van der Waals surface area contributed by atoms with Gasteiger partial charge in [-0.15, -0.1) is 11.3 Å². The van der Waals surface area contributed by atoms with E-state index in [-0.39, 0.29) is 42.5 Å². The number of benzene rings is 1. The summed E-state index contributed by atoms with van der Waals surface area (Å²) < 4.78 is 15.9. The van der Waals surface area contributed by atoms with Gasteiger partial charge in [-0.2, -0.15) is 0 Å². The van der Waals surface area contributed by atoms with Gasteiger partial charge in [0.1, 0.15) is 25.2 Å². The zero-order valence-corrected chi connectivity index (χ0v) is 14.2. The maximum absolute atomic E-state index is 12.0. The highest BCUT2D eigenvalue weighted by Crippen LogP contribution is 2.12. The molecule has 0 aliphatic carbocycles. The normalized spacial score (nSPS) is 10.4. The van der Waals surface area contributed by atoms with Crippen molar-refractivity contribution in [1.29, 1.82) is 0 Å². The second kappa shape index (κ2) is 8.30. The van der Waals surface area contributed by atoms with E-state index in [1.165, 1.54) is 23.7 Å². The lowest BCUT2D eigenvalue weighted by molar-refractivity contribution is -0.144. The molecule has 6 heteroatoms. The van der Waals surface area contributed by atoms with Crippen molar-refractivity contribution in [2.75, 3.05) is 0 Å². The average molecular weight is 356 g/mol. The summed E-state index contributed by atoms with van der Waals surface area (Å²) >= 11 is 1.49.